The first kappa shape index (κ1) is 18.7. The predicted molar refractivity (Wildman–Crippen MR) is 110 cm³/mol. The van der Waals surface area contributed by atoms with Crippen LogP contribution in [0.3, 0.4) is 0 Å². The van der Waals surface area contributed by atoms with Crippen molar-refractivity contribution in [1.29, 1.82) is 0 Å². The van der Waals surface area contributed by atoms with Crippen LogP contribution in [-0.2, 0) is 0 Å². The Kier molecular flexibility index (Phi) is 6.22. The average Bonchev–Trinajstić information content (AvgIpc) is 2.73. The third kappa shape index (κ3) is 4.95. The number of rotatable bonds is 6. The minimum Gasteiger partial charge on any atom is -0.496 e. The molecule has 5 nitrogen and oxygen atoms in total. The Morgan fingerprint density at radius 3 is 2.22 bits per heavy atom. The summed E-state index contributed by atoms with van der Waals surface area (Å²) in [6.45, 7) is 0. The summed E-state index contributed by atoms with van der Waals surface area (Å²) in [6, 6.07) is 22.2. The molecule has 3 rings (SSSR count). The summed E-state index contributed by atoms with van der Waals surface area (Å²) < 4.78 is 5.34. The average molecular weight is 377 g/mol. The number of azo groups is 1. The van der Waals surface area contributed by atoms with Gasteiger partial charge >= 0.3 is 0 Å². The number of nitrogens with zero attached hydrogens (tertiary/aromatic N) is 2. The second-order valence-electron chi connectivity index (χ2n) is 5.60. The topological polar surface area (TPSA) is 63.0 Å². The maximum Gasteiger partial charge on any atom is 0.259 e. The number of carbonyl (C=O) groups is 1. The molecule has 136 valence electrons. The van der Waals surface area contributed by atoms with Crippen LogP contribution in [0.4, 0.5) is 17.1 Å². The van der Waals surface area contributed by atoms with Gasteiger partial charge in [0.2, 0.25) is 0 Å². The Hall–Kier alpha value is -3.12. The molecule has 1 amide bonds. The normalized spacial score (nSPS) is 10.7. The molecule has 0 saturated heterocycles. The van der Waals surface area contributed by atoms with E-state index in [9.17, 15) is 4.79 Å². The van der Waals surface area contributed by atoms with E-state index in [1.807, 2.05) is 48.7 Å². The lowest BCUT2D eigenvalue weighted by Gasteiger charge is -2.10. The standard InChI is InChI=1S/C21H19N3O2S/c1-26-20-14-18(27-2)12-13-19(20)21(25)22-15-8-10-17(11-9-15)24-23-16-6-4-3-5-7-16/h3-14H,1-2H3,(H,22,25). The third-order valence-electron chi connectivity index (χ3n) is 3.82. The fraction of sp³-hybridized carbons (Fsp3) is 0.0952. The van der Waals surface area contributed by atoms with E-state index in [2.05, 4.69) is 15.5 Å². The van der Waals surface area contributed by atoms with Gasteiger partial charge in [-0.05, 0) is 60.9 Å². The molecule has 0 saturated carbocycles. The van der Waals surface area contributed by atoms with E-state index < -0.39 is 0 Å². The highest BCUT2D eigenvalue weighted by Crippen LogP contribution is 2.26. The van der Waals surface area contributed by atoms with Crippen molar-refractivity contribution in [1.82, 2.24) is 0 Å². The summed E-state index contributed by atoms with van der Waals surface area (Å²) in [7, 11) is 1.56. The molecule has 0 spiro atoms. The summed E-state index contributed by atoms with van der Waals surface area (Å²) in [5.74, 6) is 0.325. The summed E-state index contributed by atoms with van der Waals surface area (Å²) in [4.78, 5) is 13.6. The van der Waals surface area contributed by atoms with Gasteiger partial charge in [-0.25, -0.2) is 0 Å². The lowest BCUT2D eigenvalue weighted by molar-refractivity contribution is 0.102. The predicted octanol–water partition coefficient (Wildman–Crippen LogP) is 6.08. The molecule has 1 N–H and O–H groups in total. The van der Waals surface area contributed by atoms with Gasteiger partial charge in [-0.1, -0.05) is 18.2 Å². The van der Waals surface area contributed by atoms with E-state index in [1.54, 1.807) is 49.2 Å². The number of nitrogens with one attached hydrogen (secondary N) is 1. The Labute approximate surface area is 162 Å². The van der Waals surface area contributed by atoms with Crippen LogP contribution in [0.1, 0.15) is 10.4 Å². The molecule has 3 aromatic rings. The minimum absolute atomic E-state index is 0.224. The highest BCUT2D eigenvalue weighted by Gasteiger charge is 2.13. The minimum atomic E-state index is -0.224. The number of benzene rings is 3. The molecule has 0 bridgehead atoms. The van der Waals surface area contributed by atoms with Crippen molar-refractivity contribution >= 4 is 34.7 Å². The Morgan fingerprint density at radius 1 is 0.926 bits per heavy atom. The van der Waals surface area contributed by atoms with Crippen molar-refractivity contribution in [3.05, 3.63) is 78.4 Å². The Morgan fingerprint density at radius 2 is 1.59 bits per heavy atom. The molecule has 27 heavy (non-hydrogen) atoms. The van der Waals surface area contributed by atoms with E-state index in [4.69, 9.17) is 4.74 Å². The number of thioether (sulfide) groups is 1. The van der Waals surface area contributed by atoms with E-state index in [0.29, 0.717) is 22.7 Å². The summed E-state index contributed by atoms with van der Waals surface area (Å²) in [5, 5.41) is 11.2. The van der Waals surface area contributed by atoms with Gasteiger partial charge in [0, 0.05) is 10.6 Å². The molecular weight excluding hydrogens is 358 g/mol. The Balaban J connectivity index is 1.69. The van der Waals surface area contributed by atoms with Gasteiger partial charge in [-0.2, -0.15) is 10.2 Å². The fourth-order valence-corrected chi connectivity index (χ4v) is 2.84. The molecule has 0 fully saturated rings. The number of hydrogen-bond donors (Lipinski definition) is 1. The number of hydrogen-bond acceptors (Lipinski definition) is 5. The van der Waals surface area contributed by atoms with E-state index in [-0.39, 0.29) is 5.91 Å². The smallest absolute Gasteiger partial charge is 0.259 e. The van der Waals surface area contributed by atoms with Gasteiger partial charge in [0.15, 0.2) is 0 Å². The number of methoxy groups -OCH3 is 1. The van der Waals surface area contributed by atoms with Gasteiger partial charge < -0.3 is 10.1 Å². The first-order chi connectivity index (χ1) is 13.2. The van der Waals surface area contributed by atoms with Gasteiger partial charge in [0.1, 0.15) is 5.75 Å². The zero-order valence-electron chi connectivity index (χ0n) is 15.0. The van der Waals surface area contributed by atoms with Crippen molar-refractivity contribution in [3.63, 3.8) is 0 Å². The first-order valence-corrected chi connectivity index (χ1v) is 9.52. The molecule has 0 atom stereocenters. The maximum absolute atomic E-state index is 12.5. The van der Waals surface area contributed by atoms with Crippen LogP contribution < -0.4 is 10.1 Å². The van der Waals surface area contributed by atoms with Crippen LogP contribution in [0.25, 0.3) is 0 Å². The highest BCUT2D eigenvalue weighted by molar-refractivity contribution is 7.98. The van der Waals surface area contributed by atoms with E-state index >= 15 is 0 Å². The highest BCUT2D eigenvalue weighted by atomic mass is 32.2. The van der Waals surface area contributed by atoms with Crippen LogP contribution >= 0.6 is 11.8 Å². The molecule has 0 aliphatic rings. The van der Waals surface area contributed by atoms with Crippen molar-refractivity contribution < 1.29 is 9.53 Å². The number of ether oxygens (including phenoxy) is 1. The molecule has 0 unspecified atom stereocenters. The van der Waals surface area contributed by atoms with Crippen molar-refractivity contribution in [2.45, 2.75) is 4.90 Å². The monoisotopic (exact) mass is 377 g/mol. The molecular formula is C21H19N3O2S. The fourth-order valence-electron chi connectivity index (χ4n) is 2.41. The van der Waals surface area contributed by atoms with Crippen LogP contribution in [0, 0.1) is 0 Å². The van der Waals surface area contributed by atoms with Crippen LogP contribution in [0.2, 0.25) is 0 Å². The number of carbonyl (C=O) groups excluding carboxylic acids is 1. The number of amides is 1. The van der Waals surface area contributed by atoms with Crippen LogP contribution in [0.15, 0.2) is 87.9 Å². The van der Waals surface area contributed by atoms with Crippen molar-refractivity contribution in [2.75, 3.05) is 18.7 Å². The summed E-state index contributed by atoms with van der Waals surface area (Å²) >= 11 is 1.60. The summed E-state index contributed by atoms with van der Waals surface area (Å²) in [5.41, 5.74) is 2.66. The molecule has 6 heteroatoms. The van der Waals surface area contributed by atoms with Crippen LogP contribution in [0.5, 0.6) is 5.75 Å². The van der Waals surface area contributed by atoms with Gasteiger partial charge in [-0.15, -0.1) is 11.8 Å². The Bertz CT molecular complexity index is 941. The molecule has 0 aliphatic carbocycles. The third-order valence-corrected chi connectivity index (χ3v) is 4.54. The quantitative estimate of drug-likeness (QED) is 0.418. The second kappa shape index (κ2) is 9.00. The van der Waals surface area contributed by atoms with Gasteiger partial charge in [0.05, 0.1) is 24.0 Å². The number of anilines is 1. The molecule has 0 aromatic heterocycles. The summed E-state index contributed by atoms with van der Waals surface area (Å²) in [6.07, 6.45) is 1.98. The first-order valence-electron chi connectivity index (χ1n) is 8.30. The lowest BCUT2D eigenvalue weighted by atomic mass is 10.2. The second-order valence-corrected chi connectivity index (χ2v) is 6.48. The zero-order chi connectivity index (χ0) is 19.1. The lowest BCUT2D eigenvalue weighted by Crippen LogP contribution is -2.13. The molecule has 0 radical (unpaired) electrons. The van der Waals surface area contributed by atoms with E-state index in [1.165, 1.54) is 0 Å². The zero-order valence-corrected chi connectivity index (χ0v) is 15.9. The largest absolute Gasteiger partial charge is 0.496 e. The van der Waals surface area contributed by atoms with E-state index in [0.717, 1.165) is 10.6 Å². The SMILES string of the molecule is COc1cc(SC)ccc1C(=O)Nc1ccc(N=Nc2ccccc2)cc1. The van der Waals surface area contributed by atoms with Gasteiger partial charge in [0.25, 0.3) is 5.91 Å². The van der Waals surface area contributed by atoms with Crippen LogP contribution in [-0.4, -0.2) is 19.3 Å². The van der Waals surface area contributed by atoms with Crippen molar-refractivity contribution in [3.8, 4) is 5.75 Å². The molecule has 3 aromatic carbocycles. The molecule has 0 aliphatic heterocycles. The maximum atomic E-state index is 12.5. The van der Waals surface area contributed by atoms with Gasteiger partial charge in [-0.3, -0.25) is 4.79 Å². The molecule has 0 heterocycles. The van der Waals surface area contributed by atoms with Crippen molar-refractivity contribution in [2.24, 2.45) is 10.2 Å².